The Hall–Kier alpha value is -2.28. The molecule has 24 heavy (non-hydrogen) atoms. The summed E-state index contributed by atoms with van der Waals surface area (Å²) in [4.78, 5) is 12.5. The first-order valence-corrected chi connectivity index (χ1v) is 7.62. The molecule has 7 heteroatoms. The van der Waals surface area contributed by atoms with Gasteiger partial charge in [0.15, 0.2) is 0 Å². The maximum absolute atomic E-state index is 13.9. The molecule has 0 radical (unpaired) electrons. The predicted molar refractivity (Wildman–Crippen MR) is 86.4 cm³/mol. The predicted octanol–water partition coefficient (Wildman–Crippen LogP) is 2.88. The Bertz CT molecular complexity index is 703. The van der Waals surface area contributed by atoms with Crippen LogP contribution in [0.25, 0.3) is 11.3 Å². The molecule has 0 aliphatic carbocycles. The molecule has 1 heterocycles. The van der Waals surface area contributed by atoms with Crippen molar-refractivity contribution >= 4 is 5.91 Å². The van der Waals surface area contributed by atoms with Crippen LogP contribution in [0.4, 0.5) is 8.78 Å². The summed E-state index contributed by atoms with van der Waals surface area (Å²) < 4.78 is 27.9. The second kappa shape index (κ2) is 7.09. The second-order valence-corrected chi connectivity index (χ2v) is 6.87. The molecule has 1 unspecified atom stereocenters. The van der Waals surface area contributed by atoms with E-state index < -0.39 is 23.6 Å². The molecule has 1 aromatic heterocycles. The molecule has 1 atom stereocenters. The highest BCUT2D eigenvalue weighted by Gasteiger charge is 2.24. The molecule has 130 valence electrons. The largest absolute Gasteiger partial charge is 0.394 e. The maximum atomic E-state index is 13.9. The van der Waals surface area contributed by atoms with Gasteiger partial charge in [-0.15, -0.1) is 0 Å². The normalized spacial score (nSPS) is 12.9. The van der Waals surface area contributed by atoms with E-state index in [0.29, 0.717) is 6.42 Å². The molecule has 0 aliphatic rings. The van der Waals surface area contributed by atoms with Crippen molar-refractivity contribution in [3.05, 3.63) is 41.6 Å². The standard InChI is InChI=1S/C17H21F2N3O2/c1-17(2,3)7-10(9-23)21-16(24)11-8-20-22-15(11)14-12(18)5-4-6-13(14)19/h4-6,8,10,23H,7,9H2,1-3H3,(H,20,22)(H,21,24). The lowest BCUT2D eigenvalue weighted by molar-refractivity contribution is 0.0898. The summed E-state index contributed by atoms with van der Waals surface area (Å²) in [5.41, 5.74) is -0.448. The number of nitrogens with zero attached hydrogens (tertiary/aromatic N) is 1. The van der Waals surface area contributed by atoms with E-state index in [1.165, 1.54) is 12.3 Å². The number of H-pyrrole nitrogens is 1. The molecule has 0 bridgehead atoms. The molecular formula is C17H21F2N3O2. The van der Waals surface area contributed by atoms with Crippen LogP contribution in [0.1, 0.15) is 37.6 Å². The Kier molecular flexibility index (Phi) is 5.33. The van der Waals surface area contributed by atoms with Gasteiger partial charge in [0.1, 0.15) is 11.6 Å². The van der Waals surface area contributed by atoms with E-state index in [0.717, 1.165) is 12.1 Å². The summed E-state index contributed by atoms with van der Waals surface area (Å²) in [7, 11) is 0. The number of hydrogen-bond donors (Lipinski definition) is 3. The summed E-state index contributed by atoms with van der Waals surface area (Å²) >= 11 is 0. The second-order valence-electron chi connectivity index (χ2n) is 6.87. The molecule has 0 saturated heterocycles. The number of benzene rings is 1. The maximum Gasteiger partial charge on any atom is 0.255 e. The van der Waals surface area contributed by atoms with Crippen LogP contribution in [0.15, 0.2) is 24.4 Å². The van der Waals surface area contributed by atoms with E-state index in [-0.39, 0.29) is 28.8 Å². The quantitative estimate of drug-likeness (QED) is 0.785. The van der Waals surface area contributed by atoms with Crippen LogP contribution in [0, 0.1) is 17.0 Å². The van der Waals surface area contributed by atoms with Gasteiger partial charge in [-0.2, -0.15) is 5.10 Å². The van der Waals surface area contributed by atoms with Gasteiger partial charge in [-0.25, -0.2) is 8.78 Å². The smallest absolute Gasteiger partial charge is 0.255 e. The van der Waals surface area contributed by atoms with E-state index in [9.17, 15) is 18.7 Å². The van der Waals surface area contributed by atoms with Crippen LogP contribution in [-0.4, -0.2) is 33.9 Å². The minimum Gasteiger partial charge on any atom is -0.394 e. The lowest BCUT2D eigenvalue weighted by atomic mass is 9.88. The van der Waals surface area contributed by atoms with Crippen LogP contribution in [0.2, 0.25) is 0 Å². The Balaban J connectivity index is 2.28. The van der Waals surface area contributed by atoms with Crippen LogP contribution >= 0.6 is 0 Å². The Morgan fingerprint density at radius 3 is 2.50 bits per heavy atom. The van der Waals surface area contributed by atoms with Gasteiger partial charge in [-0.3, -0.25) is 9.89 Å². The van der Waals surface area contributed by atoms with Crippen molar-refractivity contribution in [3.8, 4) is 11.3 Å². The number of aliphatic hydroxyl groups excluding tert-OH is 1. The van der Waals surface area contributed by atoms with Crippen molar-refractivity contribution < 1.29 is 18.7 Å². The van der Waals surface area contributed by atoms with Gasteiger partial charge >= 0.3 is 0 Å². The number of hydrogen-bond acceptors (Lipinski definition) is 3. The van der Waals surface area contributed by atoms with E-state index >= 15 is 0 Å². The number of aliphatic hydroxyl groups is 1. The Morgan fingerprint density at radius 2 is 1.96 bits per heavy atom. The zero-order valence-corrected chi connectivity index (χ0v) is 13.9. The summed E-state index contributed by atoms with van der Waals surface area (Å²) in [6.07, 6.45) is 1.76. The van der Waals surface area contributed by atoms with Gasteiger partial charge in [-0.1, -0.05) is 26.8 Å². The van der Waals surface area contributed by atoms with E-state index in [1.54, 1.807) is 0 Å². The minimum absolute atomic E-state index is 0.0198. The first-order chi connectivity index (χ1) is 11.2. The van der Waals surface area contributed by atoms with Crippen molar-refractivity contribution in [2.45, 2.75) is 33.2 Å². The van der Waals surface area contributed by atoms with Crippen molar-refractivity contribution in [1.82, 2.24) is 15.5 Å². The van der Waals surface area contributed by atoms with Crippen LogP contribution in [0.5, 0.6) is 0 Å². The lowest BCUT2D eigenvalue weighted by Gasteiger charge is -2.25. The summed E-state index contributed by atoms with van der Waals surface area (Å²) in [6.45, 7) is 5.73. The Morgan fingerprint density at radius 1 is 1.33 bits per heavy atom. The number of rotatable bonds is 5. The van der Waals surface area contributed by atoms with E-state index in [1.807, 2.05) is 20.8 Å². The average molecular weight is 337 g/mol. The SMILES string of the molecule is CC(C)(C)CC(CO)NC(=O)c1cn[nH]c1-c1c(F)cccc1F. The third kappa shape index (κ3) is 4.17. The molecule has 2 aromatic rings. The third-order valence-corrected chi connectivity index (χ3v) is 3.51. The fourth-order valence-electron chi connectivity index (χ4n) is 2.55. The fraction of sp³-hybridized carbons (Fsp3) is 0.412. The first kappa shape index (κ1) is 18.1. The Labute approximate surface area is 139 Å². The van der Waals surface area contributed by atoms with Gasteiger partial charge < -0.3 is 10.4 Å². The highest BCUT2D eigenvalue weighted by atomic mass is 19.1. The lowest BCUT2D eigenvalue weighted by Crippen LogP contribution is -2.40. The molecule has 2 rings (SSSR count). The molecule has 3 N–H and O–H groups in total. The first-order valence-electron chi connectivity index (χ1n) is 7.62. The zero-order chi connectivity index (χ0) is 17.9. The van der Waals surface area contributed by atoms with Gasteiger partial charge in [0, 0.05) is 0 Å². The van der Waals surface area contributed by atoms with Crippen molar-refractivity contribution in [1.29, 1.82) is 0 Å². The number of nitrogens with one attached hydrogen (secondary N) is 2. The van der Waals surface area contributed by atoms with Crippen LogP contribution < -0.4 is 5.32 Å². The summed E-state index contributed by atoms with van der Waals surface area (Å²) in [5.74, 6) is -2.13. The number of aromatic amines is 1. The summed E-state index contributed by atoms with van der Waals surface area (Å²) in [5, 5.41) is 18.3. The highest BCUT2D eigenvalue weighted by molar-refractivity contribution is 6.00. The minimum atomic E-state index is -0.790. The molecular weight excluding hydrogens is 316 g/mol. The van der Waals surface area contributed by atoms with Gasteiger partial charge in [0.05, 0.1) is 35.7 Å². The molecule has 0 spiro atoms. The average Bonchev–Trinajstić information content (AvgIpc) is 2.94. The molecule has 0 aliphatic heterocycles. The van der Waals surface area contributed by atoms with Gasteiger partial charge in [0.2, 0.25) is 0 Å². The van der Waals surface area contributed by atoms with Gasteiger partial charge in [0.25, 0.3) is 5.91 Å². The molecule has 0 saturated carbocycles. The zero-order valence-electron chi connectivity index (χ0n) is 13.9. The molecule has 1 aromatic carbocycles. The third-order valence-electron chi connectivity index (χ3n) is 3.51. The number of aromatic nitrogens is 2. The van der Waals surface area contributed by atoms with E-state index in [2.05, 4.69) is 15.5 Å². The number of halogens is 2. The van der Waals surface area contributed by atoms with Crippen LogP contribution in [0.3, 0.4) is 0 Å². The van der Waals surface area contributed by atoms with E-state index in [4.69, 9.17) is 0 Å². The monoisotopic (exact) mass is 337 g/mol. The molecule has 5 nitrogen and oxygen atoms in total. The molecule has 1 amide bonds. The highest BCUT2D eigenvalue weighted by Crippen LogP contribution is 2.27. The molecule has 0 fully saturated rings. The van der Waals surface area contributed by atoms with Crippen molar-refractivity contribution in [3.63, 3.8) is 0 Å². The van der Waals surface area contributed by atoms with Crippen molar-refractivity contribution in [2.24, 2.45) is 5.41 Å². The van der Waals surface area contributed by atoms with Crippen molar-refractivity contribution in [2.75, 3.05) is 6.61 Å². The number of amides is 1. The fourth-order valence-corrected chi connectivity index (χ4v) is 2.55. The number of carbonyl (C=O) groups is 1. The number of carbonyl (C=O) groups excluding carboxylic acids is 1. The topological polar surface area (TPSA) is 78.0 Å². The van der Waals surface area contributed by atoms with Crippen LogP contribution in [-0.2, 0) is 0 Å². The van der Waals surface area contributed by atoms with Gasteiger partial charge in [-0.05, 0) is 24.0 Å². The summed E-state index contributed by atoms with van der Waals surface area (Å²) in [6, 6.07) is 2.99.